The lowest BCUT2D eigenvalue weighted by atomic mass is 9.99. The number of piperazine rings is 1. The van der Waals surface area contributed by atoms with Crippen molar-refractivity contribution in [2.75, 3.05) is 36.4 Å². The van der Waals surface area contributed by atoms with Crippen LogP contribution in [0.15, 0.2) is 84.9 Å². The van der Waals surface area contributed by atoms with Gasteiger partial charge < -0.3 is 20.1 Å². The Hall–Kier alpha value is -4.33. The van der Waals surface area contributed by atoms with Gasteiger partial charge in [0.05, 0.1) is 0 Å². The molecule has 0 radical (unpaired) electrons. The molecule has 8 heteroatoms. The monoisotopic (exact) mass is 567 g/mol. The van der Waals surface area contributed by atoms with Gasteiger partial charge in [-0.05, 0) is 59.5 Å². The molecule has 0 aliphatic carbocycles. The number of fused-ring (bicyclic) bond motifs is 1. The van der Waals surface area contributed by atoms with E-state index in [1.54, 1.807) is 12.1 Å². The van der Waals surface area contributed by atoms with Gasteiger partial charge in [-0.15, -0.1) is 0 Å². The lowest BCUT2D eigenvalue weighted by Gasteiger charge is -2.36. The molecule has 2 heterocycles. The summed E-state index contributed by atoms with van der Waals surface area (Å²) in [7, 11) is 0. The molecule has 0 spiro atoms. The van der Waals surface area contributed by atoms with Crippen molar-refractivity contribution in [2.45, 2.75) is 19.4 Å². The van der Waals surface area contributed by atoms with Gasteiger partial charge in [0.2, 0.25) is 5.91 Å². The number of benzene rings is 4. The Morgan fingerprint density at radius 1 is 0.878 bits per heavy atom. The minimum atomic E-state index is -1.05. The number of carbonyl (C=O) groups excluding carboxylic acids is 1. The Labute approximate surface area is 243 Å². The average molecular weight is 568 g/mol. The summed E-state index contributed by atoms with van der Waals surface area (Å²) in [5, 5.41) is 13.4. The molecule has 1 saturated heterocycles. The Morgan fingerprint density at radius 2 is 1.66 bits per heavy atom. The van der Waals surface area contributed by atoms with Crippen LogP contribution in [-0.2, 0) is 17.8 Å². The quantitative estimate of drug-likeness (QED) is 0.258. The highest BCUT2D eigenvalue weighted by Crippen LogP contribution is 2.37. The highest BCUT2D eigenvalue weighted by atomic mass is 35.5. The van der Waals surface area contributed by atoms with Gasteiger partial charge in [0, 0.05) is 67.2 Å². The molecule has 0 bridgehead atoms. The molecular formula is C33H30ClN3O4. The van der Waals surface area contributed by atoms with Crippen LogP contribution in [-0.4, -0.2) is 48.1 Å². The molecule has 4 aromatic rings. The van der Waals surface area contributed by atoms with E-state index in [0.717, 1.165) is 54.6 Å². The van der Waals surface area contributed by atoms with Crippen LogP contribution in [0.3, 0.4) is 0 Å². The summed E-state index contributed by atoms with van der Waals surface area (Å²) in [6.07, 6.45) is 0.913. The normalized spacial score (nSPS) is 15.2. The first-order chi connectivity index (χ1) is 19.9. The van der Waals surface area contributed by atoms with Crippen molar-refractivity contribution < 1.29 is 19.4 Å². The summed E-state index contributed by atoms with van der Waals surface area (Å²) in [5.74, 6) is -0.227. The van der Waals surface area contributed by atoms with Crippen LogP contribution in [0.4, 0.5) is 11.4 Å². The van der Waals surface area contributed by atoms with Crippen molar-refractivity contribution >= 4 is 34.9 Å². The molecule has 7 nitrogen and oxygen atoms in total. The predicted octanol–water partition coefficient (Wildman–Crippen LogP) is 6.70. The van der Waals surface area contributed by atoms with E-state index in [-0.39, 0.29) is 11.5 Å². The minimum Gasteiger partial charge on any atom is -0.478 e. The van der Waals surface area contributed by atoms with E-state index in [9.17, 15) is 14.7 Å². The van der Waals surface area contributed by atoms with E-state index < -0.39 is 5.97 Å². The zero-order valence-electron chi connectivity index (χ0n) is 22.5. The summed E-state index contributed by atoms with van der Waals surface area (Å²) in [5.41, 5.74) is 6.24. The molecule has 2 aliphatic heterocycles. The number of hydrogen-bond acceptors (Lipinski definition) is 5. The van der Waals surface area contributed by atoms with Crippen molar-refractivity contribution in [3.63, 3.8) is 0 Å². The number of rotatable bonds is 7. The molecule has 0 saturated carbocycles. The second-order valence-corrected chi connectivity index (χ2v) is 10.8. The second kappa shape index (κ2) is 11.6. The first-order valence-electron chi connectivity index (χ1n) is 13.7. The Balaban J connectivity index is 1.17. The summed E-state index contributed by atoms with van der Waals surface area (Å²) < 4.78 is 6.22. The number of anilines is 2. The third-order valence-corrected chi connectivity index (χ3v) is 7.98. The number of carboxylic acid groups (broad SMARTS) is 1. The third kappa shape index (κ3) is 5.92. The Bertz CT molecular complexity index is 1600. The molecule has 1 fully saturated rings. The van der Waals surface area contributed by atoms with Crippen LogP contribution in [0.2, 0.25) is 5.02 Å². The van der Waals surface area contributed by atoms with Crippen molar-refractivity contribution in [1.82, 2.24) is 4.90 Å². The molecule has 41 heavy (non-hydrogen) atoms. The lowest BCUT2D eigenvalue weighted by molar-refractivity contribution is -0.116. The fraction of sp³-hybridized carbons (Fsp3) is 0.212. The number of carbonyl (C=O) groups is 2. The predicted molar refractivity (Wildman–Crippen MR) is 161 cm³/mol. The van der Waals surface area contributed by atoms with Gasteiger partial charge in [-0.25, -0.2) is 4.79 Å². The van der Waals surface area contributed by atoms with Gasteiger partial charge in [-0.3, -0.25) is 9.69 Å². The number of ether oxygens (including phenoxy) is 1. The standard InChI is InChI=1S/C33H30ClN3O4/c34-24-10-8-22(9-11-24)26-5-2-1-4-23(26)21-36-16-18-37(19-17-36)25-12-13-28(33(39)40)31(20-25)41-30-7-3-6-29-27(30)14-15-32(38)35-29/h1-13,20H,14-19,21H2,(H,35,38)(H,39,40). The third-order valence-electron chi connectivity index (χ3n) is 7.73. The van der Waals surface area contributed by atoms with Crippen LogP contribution in [0, 0.1) is 0 Å². The summed E-state index contributed by atoms with van der Waals surface area (Å²) >= 11 is 6.10. The maximum absolute atomic E-state index is 12.0. The maximum atomic E-state index is 12.0. The summed E-state index contributed by atoms with van der Waals surface area (Å²) in [6.45, 7) is 4.20. The topological polar surface area (TPSA) is 82.1 Å². The van der Waals surface area contributed by atoms with Gasteiger partial charge in [0.1, 0.15) is 17.1 Å². The molecule has 2 N–H and O–H groups in total. The number of nitrogens with zero attached hydrogens (tertiary/aromatic N) is 2. The number of hydrogen-bond donors (Lipinski definition) is 2. The van der Waals surface area contributed by atoms with E-state index in [2.05, 4.69) is 51.5 Å². The molecule has 4 aromatic carbocycles. The minimum absolute atomic E-state index is 0.0320. The number of carboxylic acids is 1. The number of halogens is 1. The van der Waals surface area contributed by atoms with Crippen LogP contribution in [0.1, 0.15) is 27.9 Å². The van der Waals surface area contributed by atoms with Gasteiger partial charge in [0.25, 0.3) is 0 Å². The molecule has 1 amide bonds. The van der Waals surface area contributed by atoms with E-state index >= 15 is 0 Å². The van der Waals surface area contributed by atoms with Crippen LogP contribution >= 0.6 is 11.6 Å². The van der Waals surface area contributed by atoms with E-state index in [4.69, 9.17) is 16.3 Å². The fourth-order valence-electron chi connectivity index (χ4n) is 5.55. The van der Waals surface area contributed by atoms with Crippen LogP contribution < -0.4 is 15.0 Å². The molecule has 208 valence electrons. The first kappa shape index (κ1) is 26.9. The fourth-order valence-corrected chi connectivity index (χ4v) is 5.68. The van der Waals surface area contributed by atoms with Gasteiger partial charge in [0.15, 0.2) is 0 Å². The largest absolute Gasteiger partial charge is 0.478 e. The number of nitrogens with one attached hydrogen (secondary N) is 1. The molecule has 0 unspecified atom stereocenters. The molecule has 0 aromatic heterocycles. The number of amides is 1. The van der Waals surface area contributed by atoms with Crippen molar-refractivity contribution in [1.29, 1.82) is 0 Å². The highest BCUT2D eigenvalue weighted by molar-refractivity contribution is 6.30. The van der Waals surface area contributed by atoms with E-state index in [0.29, 0.717) is 30.0 Å². The van der Waals surface area contributed by atoms with Gasteiger partial charge >= 0.3 is 5.97 Å². The zero-order valence-corrected chi connectivity index (χ0v) is 23.2. The molecule has 2 aliphatic rings. The van der Waals surface area contributed by atoms with Crippen molar-refractivity contribution in [3.05, 3.63) is 107 Å². The van der Waals surface area contributed by atoms with Crippen molar-refractivity contribution in [2.24, 2.45) is 0 Å². The summed E-state index contributed by atoms with van der Waals surface area (Å²) in [6, 6.07) is 27.1. The highest BCUT2D eigenvalue weighted by Gasteiger charge is 2.23. The van der Waals surface area contributed by atoms with E-state index in [1.807, 2.05) is 36.4 Å². The zero-order chi connectivity index (χ0) is 28.3. The van der Waals surface area contributed by atoms with Crippen LogP contribution in [0.5, 0.6) is 11.5 Å². The molecular weight excluding hydrogens is 538 g/mol. The van der Waals surface area contributed by atoms with E-state index in [1.165, 1.54) is 11.1 Å². The summed E-state index contributed by atoms with van der Waals surface area (Å²) in [4.78, 5) is 28.6. The lowest BCUT2D eigenvalue weighted by Crippen LogP contribution is -2.46. The molecule has 6 rings (SSSR count). The van der Waals surface area contributed by atoms with Crippen LogP contribution in [0.25, 0.3) is 11.1 Å². The maximum Gasteiger partial charge on any atom is 0.339 e. The number of aromatic carboxylic acids is 1. The van der Waals surface area contributed by atoms with Gasteiger partial charge in [-0.1, -0.05) is 54.1 Å². The van der Waals surface area contributed by atoms with Gasteiger partial charge in [-0.2, -0.15) is 0 Å². The smallest absolute Gasteiger partial charge is 0.339 e. The SMILES string of the molecule is O=C1CCc2c(cccc2Oc2cc(N3CCN(Cc4ccccc4-c4ccc(Cl)cc4)CC3)ccc2C(=O)O)N1. The molecule has 0 atom stereocenters. The second-order valence-electron chi connectivity index (χ2n) is 10.3. The first-order valence-corrected chi connectivity index (χ1v) is 14.1. The Kier molecular flexibility index (Phi) is 7.63. The Morgan fingerprint density at radius 3 is 2.44 bits per heavy atom. The van der Waals surface area contributed by atoms with Crippen molar-refractivity contribution in [3.8, 4) is 22.6 Å². The average Bonchev–Trinajstić information content (AvgIpc) is 2.98.